The lowest BCUT2D eigenvalue weighted by Gasteiger charge is -2.08. The van der Waals surface area contributed by atoms with Crippen LogP contribution in [0.3, 0.4) is 0 Å². The molecule has 0 aromatic carbocycles. The van der Waals surface area contributed by atoms with Crippen LogP contribution in [0.2, 0.25) is 0 Å². The number of nitrogens with two attached hydrogens (primary N) is 1. The average molecular weight is 184 g/mol. The van der Waals surface area contributed by atoms with E-state index in [-0.39, 0.29) is 0 Å². The van der Waals surface area contributed by atoms with Gasteiger partial charge in [-0.2, -0.15) is 4.98 Å². The molecule has 2 N–H and O–H groups in total. The first kappa shape index (κ1) is 9.37. The van der Waals surface area contributed by atoms with Crippen molar-refractivity contribution in [2.75, 3.05) is 14.2 Å². The normalized spacial score (nSPS) is 11.5. The van der Waals surface area contributed by atoms with Crippen LogP contribution in [0.4, 0.5) is 0 Å². The molecule has 0 fully saturated rings. The SMILES string of the molecule is COc1cc(OC)n(C)c(=NN)n1. The average Bonchev–Trinajstić information content (AvgIpc) is 2.18. The molecule has 1 rings (SSSR count). The van der Waals surface area contributed by atoms with E-state index in [4.69, 9.17) is 15.3 Å². The second-order valence-electron chi connectivity index (χ2n) is 2.33. The van der Waals surface area contributed by atoms with Gasteiger partial charge in [0.25, 0.3) is 5.62 Å². The summed E-state index contributed by atoms with van der Waals surface area (Å²) in [5.74, 6) is 6.12. The van der Waals surface area contributed by atoms with Crippen molar-refractivity contribution >= 4 is 0 Å². The Morgan fingerprint density at radius 2 is 2.15 bits per heavy atom. The molecule has 1 aromatic rings. The molecule has 0 aliphatic heterocycles. The Labute approximate surface area is 75.6 Å². The summed E-state index contributed by atoms with van der Waals surface area (Å²) in [6.45, 7) is 0. The molecule has 1 heterocycles. The molecular weight excluding hydrogens is 172 g/mol. The standard InChI is InChI=1S/C7H12N4O2/c1-11-6(13-3)4-5(12-2)9-7(11)10-8/h4H,8H2,1-3H3. The zero-order chi connectivity index (χ0) is 9.84. The maximum atomic E-state index is 5.13. The molecule has 13 heavy (non-hydrogen) atoms. The Morgan fingerprint density at radius 1 is 1.46 bits per heavy atom. The number of nitrogens with zero attached hydrogens (tertiary/aromatic N) is 3. The van der Waals surface area contributed by atoms with Crippen LogP contribution in [-0.2, 0) is 7.05 Å². The summed E-state index contributed by atoms with van der Waals surface area (Å²) >= 11 is 0. The lowest BCUT2D eigenvalue weighted by Crippen LogP contribution is -2.24. The summed E-state index contributed by atoms with van der Waals surface area (Å²) in [7, 11) is 4.81. The summed E-state index contributed by atoms with van der Waals surface area (Å²) in [6.07, 6.45) is 0. The van der Waals surface area contributed by atoms with E-state index in [9.17, 15) is 0 Å². The molecule has 0 spiro atoms. The molecule has 72 valence electrons. The quantitative estimate of drug-likeness (QED) is 0.483. The molecule has 1 aromatic heterocycles. The third-order valence-corrected chi connectivity index (χ3v) is 1.62. The number of hydrogen-bond acceptors (Lipinski definition) is 5. The van der Waals surface area contributed by atoms with E-state index in [0.717, 1.165) is 0 Å². The first-order valence-corrected chi connectivity index (χ1v) is 3.63. The van der Waals surface area contributed by atoms with Gasteiger partial charge in [0.05, 0.1) is 20.3 Å². The summed E-state index contributed by atoms with van der Waals surface area (Å²) in [6, 6.07) is 1.65. The van der Waals surface area contributed by atoms with Gasteiger partial charge in [0.2, 0.25) is 11.8 Å². The molecule has 0 atom stereocenters. The summed E-state index contributed by atoms with van der Waals surface area (Å²) in [5, 5.41) is 3.48. The fraction of sp³-hybridized carbons (Fsp3) is 0.429. The topological polar surface area (TPSA) is 74.7 Å². The van der Waals surface area contributed by atoms with Crippen molar-refractivity contribution in [1.82, 2.24) is 9.55 Å². The molecule has 0 amide bonds. The van der Waals surface area contributed by atoms with E-state index >= 15 is 0 Å². The van der Waals surface area contributed by atoms with Gasteiger partial charge in [-0.15, -0.1) is 5.10 Å². The molecule has 0 aliphatic carbocycles. The van der Waals surface area contributed by atoms with Gasteiger partial charge in [0.15, 0.2) is 0 Å². The highest BCUT2D eigenvalue weighted by atomic mass is 16.5. The van der Waals surface area contributed by atoms with Crippen LogP contribution in [-0.4, -0.2) is 23.8 Å². The van der Waals surface area contributed by atoms with E-state index in [1.54, 1.807) is 24.8 Å². The minimum absolute atomic E-state index is 0.344. The van der Waals surface area contributed by atoms with Gasteiger partial charge in [-0.1, -0.05) is 0 Å². The molecule has 6 nitrogen and oxygen atoms in total. The highest BCUT2D eigenvalue weighted by Crippen LogP contribution is 2.11. The van der Waals surface area contributed by atoms with E-state index < -0.39 is 0 Å². The van der Waals surface area contributed by atoms with Crippen LogP contribution in [0.15, 0.2) is 11.2 Å². The van der Waals surface area contributed by atoms with Gasteiger partial charge in [0, 0.05) is 7.05 Å². The molecule has 6 heteroatoms. The zero-order valence-corrected chi connectivity index (χ0v) is 7.81. The zero-order valence-electron chi connectivity index (χ0n) is 7.81. The van der Waals surface area contributed by atoms with Crippen molar-refractivity contribution in [2.45, 2.75) is 0 Å². The third kappa shape index (κ3) is 1.71. The second kappa shape index (κ2) is 3.79. The van der Waals surface area contributed by atoms with Crippen LogP contribution in [0.5, 0.6) is 11.8 Å². The van der Waals surface area contributed by atoms with Crippen LogP contribution in [0, 0.1) is 0 Å². The second-order valence-corrected chi connectivity index (χ2v) is 2.33. The smallest absolute Gasteiger partial charge is 0.252 e. The van der Waals surface area contributed by atoms with Crippen molar-refractivity contribution < 1.29 is 9.47 Å². The third-order valence-electron chi connectivity index (χ3n) is 1.62. The maximum absolute atomic E-state index is 5.13. The highest BCUT2D eigenvalue weighted by molar-refractivity contribution is 5.19. The minimum atomic E-state index is 0.344. The molecular formula is C7H12N4O2. The van der Waals surface area contributed by atoms with Crippen molar-refractivity contribution in [3.63, 3.8) is 0 Å². The van der Waals surface area contributed by atoms with Crippen molar-refractivity contribution in [3.8, 4) is 11.8 Å². The Morgan fingerprint density at radius 3 is 2.62 bits per heavy atom. The predicted molar refractivity (Wildman–Crippen MR) is 46.1 cm³/mol. The monoisotopic (exact) mass is 184 g/mol. The lowest BCUT2D eigenvalue weighted by molar-refractivity contribution is 0.350. The maximum Gasteiger partial charge on any atom is 0.252 e. The van der Waals surface area contributed by atoms with Crippen LogP contribution >= 0.6 is 0 Å². The highest BCUT2D eigenvalue weighted by Gasteiger charge is 2.03. The van der Waals surface area contributed by atoms with Crippen molar-refractivity contribution in [3.05, 3.63) is 11.7 Å². The minimum Gasteiger partial charge on any atom is -0.482 e. The Balaban J connectivity index is 3.38. The number of hydrogen-bond donors (Lipinski definition) is 1. The largest absolute Gasteiger partial charge is 0.482 e. The first-order chi connectivity index (χ1) is 6.22. The van der Waals surface area contributed by atoms with Crippen molar-refractivity contribution in [1.29, 1.82) is 0 Å². The van der Waals surface area contributed by atoms with Crippen molar-refractivity contribution in [2.24, 2.45) is 18.0 Å². The van der Waals surface area contributed by atoms with Gasteiger partial charge >= 0.3 is 0 Å². The van der Waals surface area contributed by atoms with E-state index in [1.165, 1.54) is 7.11 Å². The van der Waals surface area contributed by atoms with E-state index in [1.807, 2.05) is 0 Å². The Kier molecular flexibility index (Phi) is 2.73. The van der Waals surface area contributed by atoms with Gasteiger partial charge in [-0.05, 0) is 0 Å². The van der Waals surface area contributed by atoms with E-state index in [0.29, 0.717) is 17.4 Å². The molecule has 0 bridgehead atoms. The predicted octanol–water partition coefficient (Wildman–Crippen LogP) is -0.788. The van der Waals surface area contributed by atoms with Gasteiger partial charge < -0.3 is 15.3 Å². The van der Waals surface area contributed by atoms with Crippen LogP contribution < -0.4 is 20.9 Å². The summed E-state index contributed by atoms with van der Waals surface area (Å²) < 4.78 is 11.6. The Hall–Kier alpha value is -1.72. The van der Waals surface area contributed by atoms with Gasteiger partial charge in [0.1, 0.15) is 0 Å². The summed E-state index contributed by atoms with van der Waals surface area (Å²) in [4.78, 5) is 3.99. The Bertz CT molecular complexity index is 358. The fourth-order valence-corrected chi connectivity index (χ4v) is 0.923. The van der Waals surface area contributed by atoms with E-state index in [2.05, 4.69) is 10.1 Å². The molecule has 0 unspecified atom stereocenters. The van der Waals surface area contributed by atoms with Gasteiger partial charge in [-0.25, -0.2) is 0 Å². The van der Waals surface area contributed by atoms with Crippen LogP contribution in [0.1, 0.15) is 0 Å². The van der Waals surface area contributed by atoms with Gasteiger partial charge in [-0.3, -0.25) is 4.57 Å². The fourth-order valence-electron chi connectivity index (χ4n) is 0.923. The molecule has 0 saturated heterocycles. The number of methoxy groups -OCH3 is 2. The first-order valence-electron chi connectivity index (χ1n) is 3.63. The molecule has 0 aliphatic rings. The lowest BCUT2D eigenvalue weighted by atomic mass is 10.6. The number of aromatic nitrogens is 2. The number of ether oxygens (including phenoxy) is 2. The summed E-state index contributed by atoms with van der Waals surface area (Å²) in [5.41, 5.74) is 0.344. The molecule has 0 radical (unpaired) electrons. The number of rotatable bonds is 2. The molecule has 0 saturated carbocycles. The van der Waals surface area contributed by atoms with Crippen LogP contribution in [0.25, 0.3) is 0 Å².